The van der Waals surface area contributed by atoms with Gasteiger partial charge in [0.2, 0.25) is 11.7 Å². The van der Waals surface area contributed by atoms with Crippen molar-refractivity contribution in [3.05, 3.63) is 69.8 Å². The Bertz CT molecular complexity index is 931. The molecule has 0 unspecified atom stereocenters. The van der Waals surface area contributed by atoms with Crippen LogP contribution >= 0.6 is 15.9 Å². The average molecular weight is 415 g/mol. The second kappa shape index (κ2) is 7.92. The lowest BCUT2D eigenvalue weighted by molar-refractivity contribution is 0.0700. The van der Waals surface area contributed by atoms with Crippen molar-refractivity contribution >= 4 is 34.1 Å². The summed E-state index contributed by atoms with van der Waals surface area (Å²) in [7, 11) is 0. The number of aromatic nitrogens is 2. The standard InChI is InChI=1S/C18H15BrN4O3/c1-11-9-12(2)22-18(21-11)23-20-10-13-3-5-14(6-4-13)25-17(24)15-7-8-16(19)26-15/h3-10H,1-2H3,(H,21,22,23). The molecule has 132 valence electrons. The predicted octanol–water partition coefficient (Wildman–Crippen LogP) is 4.11. The highest BCUT2D eigenvalue weighted by atomic mass is 79.9. The first-order valence-corrected chi connectivity index (χ1v) is 8.48. The Morgan fingerprint density at radius 1 is 1.15 bits per heavy atom. The van der Waals surface area contributed by atoms with Crippen LogP contribution in [-0.4, -0.2) is 22.2 Å². The lowest BCUT2D eigenvalue weighted by atomic mass is 10.2. The van der Waals surface area contributed by atoms with Crippen molar-refractivity contribution < 1.29 is 13.9 Å². The van der Waals surface area contributed by atoms with Crippen molar-refractivity contribution in [3.63, 3.8) is 0 Å². The lowest BCUT2D eigenvalue weighted by Crippen LogP contribution is -2.07. The first kappa shape index (κ1) is 17.8. The number of carbonyl (C=O) groups excluding carboxylic acids is 1. The summed E-state index contributed by atoms with van der Waals surface area (Å²) in [6.45, 7) is 3.79. The molecule has 2 heterocycles. The number of nitrogens with zero attached hydrogens (tertiary/aromatic N) is 3. The van der Waals surface area contributed by atoms with Gasteiger partial charge in [-0.3, -0.25) is 0 Å². The maximum atomic E-state index is 11.9. The van der Waals surface area contributed by atoms with Gasteiger partial charge in [-0.2, -0.15) is 5.10 Å². The first-order valence-electron chi connectivity index (χ1n) is 7.68. The van der Waals surface area contributed by atoms with Gasteiger partial charge in [-0.15, -0.1) is 0 Å². The number of halogens is 1. The quantitative estimate of drug-likeness (QED) is 0.292. The van der Waals surface area contributed by atoms with Crippen LogP contribution in [0.2, 0.25) is 0 Å². The van der Waals surface area contributed by atoms with Gasteiger partial charge in [0.25, 0.3) is 0 Å². The van der Waals surface area contributed by atoms with Crippen LogP contribution in [0, 0.1) is 13.8 Å². The maximum absolute atomic E-state index is 11.9. The zero-order chi connectivity index (χ0) is 18.5. The Balaban J connectivity index is 1.59. The Kier molecular flexibility index (Phi) is 5.43. The number of hydrogen-bond donors (Lipinski definition) is 1. The summed E-state index contributed by atoms with van der Waals surface area (Å²) in [5, 5.41) is 4.11. The summed E-state index contributed by atoms with van der Waals surface area (Å²) in [6, 6.07) is 11.9. The number of hydrazone groups is 1. The Labute approximate surface area is 158 Å². The zero-order valence-electron chi connectivity index (χ0n) is 14.1. The van der Waals surface area contributed by atoms with Gasteiger partial charge < -0.3 is 9.15 Å². The summed E-state index contributed by atoms with van der Waals surface area (Å²) >= 11 is 3.14. The number of furan rings is 1. The fourth-order valence-electron chi connectivity index (χ4n) is 2.14. The number of benzene rings is 1. The molecule has 3 rings (SSSR count). The summed E-state index contributed by atoms with van der Waals surface area (Å²) in [5.41, 5.74) is 5.34. The number of nitrogens with one attached hydrogen (secondary N) is 1. The van der Waals surface area contributed by atoms with E-state index in [1.165, 1.54) is 6.07 Å². The van der Waals surface area contributed by atoms with Crippen LogP contribution in [0.15, 0.2) is 56.7 Å². The summed E-state index contributed by atoms with van der Waals surface area (Å²) in [5.74, 6) is 0.407. The van der Waals surface area contributed by atoms with Gasteiger partial charge in [0.1, 0.15) is 5.75 Å². The molecule has 0 saturated carbocycles. The molecular formula is C18H15BrN4O3. The van der Waals surface area contributed by atoms with Crippen molar-refractivity contribution in [1.82, 2.24) is 9.97 Å². The minimum atomic E-state index is -0.564. The zero-order valence-corrected chi connectivity index (χ0v) is 15.6. The van der Waals surface area contributed by atoms with Crippen LogP contribution < -0.4 is 10.2 Å². The van der Waals surface area contributed by atoms with Gasteiger partial charge in [0.05, 0.1) is 6.21 Å². The molecule has 3 aromatic rings. The van der Waals surface area contributed by atoms with E-state index in [4.69, 9.17) is 9.15 Å². The second-order valence-electron chi connectivity index (χ2n) is 5.41. The molecule has 1 N–H and O–H groups in total. The van der Waals surface area contributed by atoms with Gasteiger partial charge in [0.15, 0.2) is 4.67 Å². The number of rotatable bonds is 5. The Morgan fingerprint density at radius 2 is 1.85 bits per heavy atom. The van der Waals surface area contributed by atoms with Crippen LogP contribution in [0.4, 0.5) is 5.95 Å². The number of carbonyl (C=O) groups is 1. The highest BCUT2D eigenvalue weighted by Gasteiger charge is 2.12. The van der Waals surface area contributed by atoms with Crippen molar-refractivity contribution in [2.75, 3.05) is 5.43 Å². The van der Waals surface area contributed by atoms with E-state index in [1.54, 1.807) is 36.5 Å². The van der Waals surface area contributed by atoms with E-state index >= 15 is 0 Å². The third-order valence-corrected chi connectivity index (χ3v) is 3.65. The molecule has 0 amide bonds. The van der Waals surface area contributed by atoms with Gasteiger partial charge in [0, 0.05) is 11.4 Å². The van der Waals surface area contributed by atoms with E-state index in [-0.39, 0.29) is 5.76 Å². The van der Waals surface area contributed by atoms with E-state index in [0.29, 0.717) is 16.4 Å². The van der Waals surface area contributed by atoms with Crippen molar-refractivity contribution in [3.8, 4) is 5.75 Å². The van der Waals surface area contributed by atoms with Crippen LogP contribution in [0.3, 0.4) is 0 Å². The predicted molar refractivity (Wildman–Crippen MR) is 101 cm³/mol. The normalized spacial score (nSPS) is 10.9. The first-order chi connectivity index (χ1) is 12.5. The monoisotopic (exact) mass is 414 g/mol. The molecule has 0 atom stereocenters. The molecule has 26 heavy (non-hydrogen) atoms. The number of hydrogen-bond acceptors (Lipinski definition) is 7. The highest BCUT2D eigenvalue weighted by Crippen LogP contribution is 2.17. The molecule has 0 aliphatic heterocycles. The third kappa shape index (κ3) is 4.76. The molecular weight excluding hydrogens is 400 g/mol. The van der Waals surface area contributed by atoms with Crippen molar-refractivity contribution in [1.29, 1.82) is 0 Å². The second-order valence-corrected chi connectivity index (χ2v) is 6.19. The molecule has 1 aromatic carbocycles. The van der Waals surface area contributed by atoms with E-state index in [1.807, 2.05) is 19.9 Å². The van der Waals surface area contributed by atoms with E-state index in [9.17, 15) is 4.79 Å². The topological polar surface area (TPSA) is 89.6 Å². The lowest BCUT2D eigenvalue weighted by Gasteiger charge is -2.03. The molecule has 0 bridgehead atoms. The summed E-state index contributed by atoms with van der Waals surface area (Å²) in [4.78, 5) is 20.4. The molecule has 0 spiro atoms. The van der Waals surface area contributed by atoms with Crippen LogP contribution in [0.25, 0.3) is 0 Å². The van der Waals surface area contributed by atoms with Gasteiger partial charge in [-0.1, -0.05) is 0 Å². The molecule has 0 aliphatic rings. The third-order valence-electron chi connectivity index (χ3n) is 3.23. The van der Waals surface area contributed by atoms with Gasteiger partial charge >= 0.3 is 5.97 Å². The molecule has 0 aliphatic carbocycles. The van der Waals surface area contributed by atoms with Crippen LogP contribution in [0.5, 0.6) is 5.75 Å². The molecule has 8 heteroatoms. The highest BCUT2D eigenvalue weighted by molar-refractivity contribution is 9.10. The molecule has 0 radical (unpaired) electrons. The molecule has 2 aromatic heterocycles. The Hall–Kier alpha value is -3.00. The van der Waals surface area contributed by atoms with Gasteiger partial charge in [-0.25, -0.2) is 20.2 Å². The van der Waals surface area contributed by atoms with E-state index in [2.05, 4.69) is 36.4 Å². The number of aryl methyl sites for hydroxylation is 2. The summed E-state index contributed by atoms with van der Waals surface area (Å²) in [6.07, 6.45) is 1.62. The SMILES string of the molecule is Cc1cc(C)nc(NN=Cc2ccc(OC(=O)c3ccc(Br)o3)cc2)n1. The molecule has 7 nitrogen and oxygen atoms in total. The number of anilines is 1. The average Bonchev–Trinajstić information content (AvgIpc) is 3.02. The number of esters is 1. The fraction of sp³-hybridized carbons (Fsp3) is 0.111. The van der Waals surface area contributed by atoms with Gasteiger partial charge in [-0.05, 0) is 77.8 Å². The maximum Gasteiger partial charge on any atom is 0.379 e. The van der Waals surface area contributed by atoms with Crippen molar-refractivity contribution in [2.24, 2.45) is 5.10 Å². The largest absolute Gasteiger partial charge is 0.442 e. The summed E-state index contributed by atoms with van der Waals surface area (Å²) < 4.78 is 10.9. The smallest absolute Gasteiger partial charge is 0.379 e. The minimum Gasteiger partial charge on any atom is -0.442 e. The molecule has 0 saturated heterocycles. The fourth-order valence-corrected chi connectivity index (χ4v) is 2.45. The number of ether oxygens (including phenoxy) is 1. The van der Waals surface area contributed by atoms with E-state index < -0.39 is 5.97 Å². The van der Waals surface area contributed by atoms with Crippen LogP contribution in [-0.2, 0) is 0 Å². The van der Waals surface area contributed by atoms with Crippen LogP contribution in [0.1, 0.15) is 27.5 Å². The van der Waals surface area contributed by atoms with E-state index in [0.717, 1.165) is 17.0 Å². The van der Waals surface area contributed by atoms with Crippen molar-refractivity contribution in [2.45, 2.75) is 13.8 Å². The Morgan fingerprint density at radius 3 is 2.46 bits per heavy atom. The molecule has 0 fully saturated rings. The minimum absolute atomic E-state index is 0.125.